The molecule has 1 heterocycles. The first-order valence-corrected chi connectivity index (χ1v) is 6.35. The van der Waals surface area contributed by atoms with Crippen molar-refractivity contribution in [2.75, 3.05) is 26.1 Å². The van der Waals surface area contributed by atoms with Crippen LogP contribution < -0.4 is 10.1 Å². The topological polar surface area (TPSA) is 60.5 Å². The maximum absolute atomic E-state index is 13.5. The molecule has 1 N–H and O–H groups in total. The van der Waals surface area contributed by atoms with Crippen LogP contribution in [0.3, 0.4) is 0 Å². The molecule has 0 aliphatic heterocycles. The van der Waals surface area contributed by atoms with E-state index in [1.807, 2.05) is 0 Å². The zero-order valence-corrected chi connectivity index (χ0v) is 12.0. The van der Waals surface area contributed by atoms with Crippen molar-refractivity contribution in [2.45, 2.75) is 0 Å². The second-order valence-corrected chi connectivity index (χ2v) is 4.32. The van der Waals surface area contributed by atoms with E-state index in [-0.39, 0.29) is 12.3 Å². The summed E-state index contributed by atoms with van der Waals surface area (Å²) in [6.07, 6.45) is 2.97. The van der Waals surface area contributed by atoms with E-state index in [2.05, 4.69) is 15.0 Å². The molecule has 22 heavy (non-hydrogen) atoms. The highest BCUT2D eigenvalue weighted by molar-refractivity contribution is 5.83. The Bertz CT molecular complexity index is 692. The van der Waals surface area contributed by atoms with E-state index in [0.717, 1.165) is 12.1 Å². The summed E-state index contributed by atoms with van der Waals surface area (Å²) in [5.41, 5.74) is 1.34. The normalized spacial score (nSPS) is 10.2. The van der Waals surface area contributed by atoms with Gasteiger partial charge in [0.1, 0.15) is 12.3 Å². The zero-order valence-electron chi connectivity index (χ0n) is 12.0. The second-order valence-electron chi connectivity index (χ2n) is 4.32. The Labute approximate surface area is 125 Å². The average Bonchev–Trinajstić information content (AvgIpc) is 2.55. The Morgan fingerprint density at radius 3 is 2.64 bits per heavy atom. The van der Waals surface area contributed by atoms with Gasteiger partial charge < -0.3 is 14.8 Å². The molecular weight excluding hydrogens is 294 g/mol. The summed E-state index contributed by atoms with van der Waals surface area (Å²) in [6, 6.07) is 3.61. The van der Waals surface area contributed by atoms with Gasteiger partial charge in [0, 0.05) is 23.4 Å². The van der Waals surface area contributed by atoms with Gasteiger partial charge in [-0.15, -0.1) is 0 Å². The molecule has 0 amide bonds. The summed E-state index contributed by atoms with van der Waals surface area (Å²) < 4.78 is 36.5. The van der Waals surface area contributed by atoms with Crippen molar-refractivity contribution in [3.8, 4) is 16.9 Å². The van der Waals surface area contributed by atoms with Crippen LogP contribution in [0.4, 0.5) is 14.5 Å². The van der Waals surface area contributed by atoms with Crippen LogP contribution in [0.1, 0.15) is 0 Å². The molecule has 2 rings (SSSR count). The van der Waals surface area contributed by atoms with E-state index in [1.54, 1.807) is 6.07 Å². The van der Waals surface area contributed by atoms with Crippen molar-refractivity contribution in [2.24, 2.45) is 0 Å². The molecule has 0 spiro atoms. The van der Waals surface area contributed by atoms with Crippen molar-refractivity contribution in [1.29, 1.82) is 0 Å². The fourth-order valence-corrected chi connectivity index (χ4v) is 1.92. The van der Waals surface area contributed by atoms with Gasteiger partial charge in [-0.3, -0.25) is 9.78 Å². The van der Waals surface area contributed by atoms with Crippen molar-refractivity contribution in [3.05, 3.63) is 42.2 Å². The SMILES string of the molecule is COC(=O)CNc1cnccc1-c1cc(F)c(F)cc1OC. The molecule has 0 saturated heterocycles. The molecule has 0 fully saturated rings. The van der Waals surface area contributed by atoms with Gasteiger partial charge >= 0.3 is 5.97 Å². The Kier molecular flexibility index (Phi) is 4.88. The quantitative estimate of drug-likeness (QED) is 0.860. The molecule has 116 valence electrons. The minimum atomic E-state index is -1.00. The number of aromatic nitrogens is 1. The number of anilines is 1. The van der Waals surface area contributed by atoms with Gasteiger partial charge in [0.15, 0.2) is 11.6 Å². The summed E-state index contributed by atoms with van der Waals surface area (Å²) >= 11 is 0. The lowest BCUT2D eigenvalue weighted by Crippen LogP contribution is -2.15. The molecular formula is C15H14F2N2O3. The monoisotopic (exact) mass is 308 g/mol. The number of nitrogens with zero attached hydrogens (tertiary/aromatic N) is 1. The third-order valence-corrected chi connectivity index (χ3v) is 3.00. The van der Waals surface area contributed by atoms with Crippen LogP contribution in [0.25, 0.3) is 11.1 Å². The standard InChI is InChI=1S/C15H14F2N2O3/c1-21-14-6-12(17)11(16)5-10(14)9-3-4-18-7-13(9)19-8-15(20)22-2/h3-7,19H,8H2,1-2H3. The van der Waals surface area contributed by atoms with Gasteiger partial charge in [-0.25, -0.2) is 8.78 Å². The van der Waals surface area contributed by atoms with E-state index in [0.29, 0.717) is 16.8 Å². The zero-order chi connectivity index (χ0) is 16.1. The maximum Gasteiger partial charge on any atom is 0.325 e. The number of methoxy groups -OCH3 is 2. The van der Waals surface area contributed by atoms with Gasteiger partial charge in [0.25, 0.3) is 0 Å². The van der Waals surface area contributed by atoms with E-state index in [9.17, 15) is 13.6 Å². The number of benzene rings is 1. The molecule has 5 nitrogen and oxygen atoms in total. The molecule has 0 saturated carbocycles. The molecule has 0 aliphatic rings. The van der Waals surface area contributed by atoms with Gasteiger partial charge in [-0.05, 0) is 12.1 Å². The van der Waals surface area contributed by atoms with Crippen LogP contribution in [-0.2, 0) is 9.53 Å². The molecule has 0 radical (unpaired) electrons. The van der Waals surface area contributed by atoms with Crippen molar-refractivity contribution < 1.29 is 23.0 Å². The lowest BCUT2D eigenvalue weighted by Gasteiger charge is -2.14. The number of ether oxygens (including phenoxy) is 2. The Balaban J connectivity index is 2.44. The number of pyridine rings is 1. The van der Waals surface area contributed by atoms with Crippen LogP contribution in [0.2, 0.25) is 0 Å². The lowest BCUT2D eigenvalue weighted by molar-refractivity contribution is -0.138. The first-order chi connectivity index (χ1) is 10.6. The Morgan fingerprint density at radius 2 is 1.95 bits per heavy atom. The van der Waals surface area contributed by atoms with Crippen LogP contribution in [-0.4, -0.2) is 31.7 Å². The first kappa shape index (κ1) is 15.7. The molecule has 7 heteroatoms. The van der Waals surface area contributed by atoms with E-state index >= 15 is 0 Å². The summed E-state index contributed by atoms with van der Waals surface area (Å²) in [4.78, 5) is 15.2. The van der Waals surface area contributed by atoms with Crippen molar-refractivity contribution in [3.63, 3.8) is 0 Å². The summed E-state index contributed by atoms with van der Waals surface area (Å²) in [7, 11) is 2.63. The predicted octanol–water partition coefficient (Wildman–Crippen LogP) is 2.62. The number of hydrogen-bond acceptors (Lipinski definition) is 5. The first-order valence-electron chi connectivity index (χ1n) is 6.35. The highest BCUT2D eigenvalue weighted by Gasteiger charge is 2.15. The van der Waals surface area contributed by atoms with Crippen molar-refractivity contribution >= 4 is 11.7 Å². The fraction of sp³-hybridized carbons (Fsp3) is 0.200. The molecule has 0 aliphatic carbocycles. The van der Waals surface area contributed by atoms with Crippen molar-refractivity contribution in [1.82, 2.24) is 4.98 Å². The number of rotatable bonds is 5. The number of halogens is 2. The maximum atomic E-state index is 13.5. The van der Waals surface area contributed by atoms with Gasteiger partial charge in [0.05, 0.1) is 26.1 Å². The molecule has 1 aromatic heterocycles. The molecule has 0 atom stereocenters. The van der Waals surface area contributed by atoms with E-state index in [4.69, 9.17) is 4.74 Å². The molecule has 1 aromatic carbocycles. The number of hydrogen-bond donors (Lipinski definition) is 1. The minimum Gasteiger partial charge on any atom is -0.496 e. The average molecular weight is 308 g/mol. The largest absolute Gasteiger partial charge is 0.496 e. The minimum absolute atomic E-state index is 0.0822. The molecule has 0 unspecified atom stereocenters. The van der Waals surface area contributed by atoms with E-state index in [1.165, 1.54) is 26.6 Å². The van der Waals surface area contributed by atoms with Crippen LogP contribution in [0.15, 0.2) is 30.6 Å². The number of esters is 1. The fourth-order valence-electron chi connectivity index (χ4n) is 1.92. The van der Waals surface area contributed by atoms with Crippen LogP contribution in [0.5, 0.6) is 5.75 Å². The van der Waals surface area contributed by atoms with Gasteiger partial charge in [-0.2, -0.15) is 0 Å². The predicted molar refractivity (Wildman–Crippen MR) is 76.6 cm³/mol. The second kappa shape index (κ2) is 6.84. The lowest BCUT2D eigenvalue weighted by atomic mass is 10.0. The van der Waals surface area contributed by atoms with Gasteiger partial charge in [0.2, 0.25) is 0 Å². The molecule has 0 bridgehead atoms. The van der Waals surface area contributed by atoms with Crippen LogP contribution >= 0.6 is 0 Å². The van der Waals surface area contributed by atoms with E-state index < -0.39 is 17.6 Å². The third-order valence-electron chi connectivity index (χ3n) is 3.00. The summed E-state index contributed by atoms with van der Waals surface area (Å²) in [6.45, 7) is -0.0822. The summed E-state index contributed by atoms with van der Waals surface area (Å²) in [5.74, 6) is -2.29. The summed E-state index contributed by atoms with van der Waals surface area (Å²) in [5, 5.41) is 2.84. The molecule has 2 aromatic rings. The Morgan fingerprint density at radius 1 is 1.23 bits per heavy atom. The number of carbonyl (C=O) groups is 1. The highest BCUT2D eigenvalue weighted by Crippen LogP contribution is 2.35. The van der Waals surface area contributed by atoms with Crippen LogP contribution in [0, 0.1) is 11.6 Å². The number of nitrogens with one attached hydrogen (secondary N) is 1. The highest BCUT2D eigenvalue weighted by atomic mass is 19.2. The smallest absolute Gasteiger partial charge is 0.325 e. The Hall–Kier alpha value is -2.70. The third kappa shape index (κ3) is 3.30. The van der Waals surface area contributed by atoms with Gasteiger partial charge in [-0.1, -0.05) is 0 Å². The number of carbonyl (C=O) groups excluding carboxylic acids is 1.